The predicted molar refractivity (Wildman–Crippen MR) is 27.3 cm³/mol. The zero-order valence-electron chi connectivity index (χ0n) is 3.02. The first kappa shape index (κ1) is 5.69. The van der Waals surface area contributed by atoms with Crippen molar-refractivity contribution in [2.45, 2.75) is 0 Å². The summed E-state index contributed by atoms with van der Waals surface area (Å²) in [5.74, 6) is -0.438. The highest BCUT2D eigenvalue weighted by atomic mass is 78.9. The number of carbonyl (C=O) groups is 1. The van der Waals surface area contributed by atoms with Crippen molar-refractivity contribution in [3.63, 3.8) is 0 Å². The Morgan fingerprint density at radius 1 is 1.83 bits per heavy atom. The van der Waals surface area contributed by atoms with Crippen molar-refractivity contribution in [3.05, 3.63) is 11.1 Å². The van der Waals surface area contributed by atoms with Gasteiger partial charge >= 0.3 is 0 Å². The van der Waals surface area contributed by atoms with Gasteiger partial charge in [-0.3, -0.25) is 4.79 Å². The van der Waals surface area contributed by atoms with E-state index in [1.165, 1.54) is 11.1 Å². The van der Waals surface area contributed by atoms with E-state index in [9.17, 15) is 4.79 Å². The van der Waals surface area contributed by atoms with Gasteiger partial charge in [-0.05, 0) is 4.99 Å². The summed E-state index contributed by atoms with van der Waals surface area (Å²) in [5, 5.41) is 0. The maximum Gasteiger partial charge on any atom is 0.241 e. The summed E-state index contributed by atoms with van der Waals surface area (Å²) in [6.07, 6.45) is 1.22. The molecule has 0 bridgehead atoms. The zero-order valence-corrected chi connectivity index (χ0v) is 4.60. The summed E-state index contributed by atoms with van der Waals surface area (Å²) in [6, 6.07) is 0. The van der Waals surface area contributed by atoms with E-state index in [0.29, 0.717) is 0 Å². The summed E-state index contributed by atoms with van der Waals surface area (Å²) in [5.41, 5.74) is 4.65. The third-order valence-corrected chi connectivity index (χ3v) is 0.492. The molecule has 0 atom stereocenters. The molecule has 0 fully saturated rings. The van der Waals surface area contributed by atoms with Gasteiger partial charge in [0.15, 0.2) is 0 Å². The molecule has 0 spiro atoms. The summed E-state index contributed by atoms with van der Waals surface area (Å²) in [6.45, 7) is 0. The SMILES string of the molecule is NC(=O)/C=C\[79Br]. The molecule has 0 aromatic carbocycles. The monoisotopic (exact) mass is 149 g/mol. The second kappa shape index (κ2) is 2.90. The first-order chi connectivity index (χ1) is 2.77. The normalized spacial score (nSPS) is 9.50. The molecule has 0 unspecified atom stereocenters. The van der Waals surface area contributed by atoms with Crippen molar-refractivity contribution in [2.75, 3.05) is 0 Å². The number of rotatable bonds is 1. The van der Waals surface area contributed by atoms with Crippen LogP contribution in [0.3, 0.4) is 0 Å². The summed E-state index contributed by atoms with van der Waals surface area (Å²) in [7, 11) is 0. The number of nitrogens with two attached hydrogens (primary N) is 1. The van der Waals surface area contributed by atoms with Crippen molar-refractivity contribution in [2.24, 2.45) is 5.73 Å². The Morgan fingerprint density at radius 3 is 2.33 bits per heavy atom. The molecule has 1 amide bonds. The molecule has 6 heavy (non-hydrogen) atoms. The molecule has 0 aliphatic rings. The number of hydrogen-bond donors (Lipinski definition) is 1. The second-order valence-corrected chi connectivity index (χ2v) is 1.22. The van der Waals surface area contributed by atoms with E-state index < -0.39 is 5.91 Å². The van der Waals surface area contributed by atoms with Gasteiger partial charge < -0.3 is 5.73 Å². The van der Waals surface area contributed by atoms with Gasteiger partial charge in [0.2, 0.25) is 5.91 Å². The molecular formula is C3H4BrNO. The fraction of sp³-hybridized carbons (Fsp3) is 0. The molecule has 0 aliphatic heterocycles. The Bertz CT molecular complexity index is 78.9. The van der Waals surface area contributed by atoms with Crippen LogP contribution in [0.25, 0.3) is 0 Å². The highest BCUT2D eigenvalue weighted by Crippen LogP contribution is 1.78. The Morgan fingerprint density at radius 2 is 2.33 bits per heavy atom. The smallest absolute Gasteiger partial charge is 0.241 e. The molecule has 3 heteroatoms. The number of primary amides is 1. The van der Waals surface area contributed by atoms with Crippen molar-refractivity contribution in [1.82, 2.24) is 0 Å². The van der Waals surface area contributed by atoms with Crippen LogP contribution in [0.4, 0.5) is 0 Å². The minimum Gasteiger partial charge on any atom is -0.366 e. The maximum atomic E-state index is 9.70. The van der Waals surface area contributed by atoms with E-state index in [1.807, 2.05) is 0 Å². The molecule has 0 heterocycles. The molecule has 34 valence electrons. The highest BCUT2D eigenvalue weighted by Gasteiger charge is 1.74. The molecule has 0 rings (SSSR count). The van der Waals surface area contributed by atoms with Crippen molar-refractivity contribution in [1.29, 1.82) is 0 Å². The Hall–Kier alpha value is -0.310. The van der Waals surface area contributed by atoms with Crippen LogP contribution in [0.15, 0.2) is 11.1 Å². The van der Waals surface area contributed by atoms with Crippen LogP contribution in [0.1, 0.15) is 0 Å². The van der Waals surface area contributed by atoms with E-state index >= 15 is 0 Å². The first-order valence-corrected chi connectivity index (χ1v) is 2.25. The number of hydrogen-bond acceptors (Lipinski definition) is 1. The van der Waals surface area contributed by atoms with Crippen molar-refractivity contribution in [3.8, 4) is 0 Å². The van der Waals surface area contributed by atoms with Crippen molar-refractivity contribution >= 4 is 21.8 Å². The van der Waals surface area contributed by atoms with Gasteiger partial charge in [0.05, 0.1) is 0 Å². The van der Waals surface area contributed by atoms with Crippen LogP contribution in [-0.2, 0) is 4.79 Å². The van der Waals surface area contributed by atoms with Crippen LogP contribution in [0.2, 0.25) is 0 Å². The first-order valence-electron chi connectivity index (χ1n) is 1.33. The third-order valence-electron chi connectivity index (χ3n) is 0.227. The fourth-order valence-electron chi connectivity index (χ4n) is 0.0621. The van der Waals surface area contributed by atoms with E-state index in [-0.39, 0.29) is 0 Å². The van der Waals surface area contributed by atoms with Gasteiger partial charge in [0.1, 0.15) is 0 Å². The molecule has 0 aromatic rings. The minimum atomic E-state index is -0.438. The molecule has 0 aliphatic carbocycles. The van der Waals surface area contributed by atoms with Crippen LogP contribution in [0, 0.1) is 0 Å². The van der Waals surface area contributed by atoms with Gasteiger partial charge in [-0.25, -0.2) is 0 Å². The summed E-state index contributed by atoms with van der Waals surface area (Å²) >= 11 is 2.87. The predicted octanol–water partition coefficient (Wildman–Crippen LogP) is 0.380. The molecule has 0 aromatic heterocycles. The highest BCUT2D eigenvalue weighted by molar-refractivity contribution is 9.11. The molecule has 0 saturated heterocycles. The van der Waals surface area contributed by atoms with Gasteiger partial charge in [-0.2, -0.15) is 0 Å². The quantitative estimate of drug-likeness (QED) is 0.538. The molecule has 0 saturated carbocycles. The lowest BCUT2D eigenvalue weighted by atomic mass is 10.6. The lowest BCUT2D eigenvalue weighted by Crippen LogP contribution is -2.04. The summed E-state index contributed by atoms with van der Waals surface area (Å²) < 4.78 is 0. The van der Waals surface area contributed by atoms with Gasteiger partial charge in [0.25, 0.3) is 0 Å². The maximum absolute atomic E-state index is 9.70. The number of amides is 1. The van der Waals surface area contributed by atoms with E-state index in [1.54, 1.807) is 0 Å². The average molecular weight is 149 g/mol. The topological polar surface area (TPSA) is 43.1 Å². The lowest BCUT2D eigenvalue weighted by molar-refractivity contribution is -0.113. The molecule has 2 nitrogen and oxygen atoms in total. The van der Waals surface area contributed by atoms with Gasteiger partial charge in [0, 0.05) is 6.08 Å². The van der Waals surface area contributed by atoms with Crippen LogP contribution in [-0.4, -0.2) is 5.91 Å². The second-order valence-electron chi connectivity index (χ2n) is 0.695. The van der Waals surface area contributed by atoms with Gasteiger partial charge in [-0.15, -0.1) is 0 Å². The van der Waals surface area contributed by atoms with Crippen molar-refractivity contribution < 1.29 is 4.79 Å². The number of carbonyl (C=O) groups excluding carboxylic acids is 1. The fourth-order valence-corrected chi connectivity index (χ4v) is 0.323. The average Bonchev–Trinajstić information content (AvgIpc) is 1.35. The van der Waals surface area contributed by atoms with E-state index in [4.69, 9.17) is 0 Å². The summed E-state index contributed by atoms with van der Waals surface area (Å²) in [4.78, 5) is 11.1. The van der Waals surface area contributed by atoms with Crippen LogP contribution >= 0.6 is 15.9 Å². The molecular weight excluding hydrogens is 145 g/mol. The van der Waals surface area contributed by atoms with E-state index in [0.717, 1.165) is 0 Å². The Balaban J connectivity index is 3.30. The lowest BCUT2D eigenvalue weighted by Gasteiger charge is -1.69. The standard InChI is InChI=1S/C3H4BrNO/c4-2-1-3(5)6/h1-2H,(H2,5,6)/b2-1-/i4-1. The molecule has 0 radical (unpaired) electrons. The minimum absolute atomic E-state index is 0.438. The van der Waals surface area contributed by atoms with Gasteiger partial charge in [-0.1, -0.05) is 15.9 Å². The third kappa shape index (κ3) is 3.69. The largest absolute Gasteiger partial charge is 0.366 e. The Kier molecular flexibility index (Phi) is 2.75. The number of halogens is 1. The van der Waals surface area contributed by atoms with Crippen LogP contribution in [0.5, 0.6) is 0 Å². The van der Waals surface area contributed by atoms with Crippen LogP contribution < -0.4 is 5.73 Å². The van der Waals surface area contributed by atoms with E-state index in [2.05, 4.69) is 21.7 Å². The molecule has 2 N–H and O–H groups in total. The Labute approximate surface area is 44.1 Å². The zero-order chi connectivity index (χ0) is 4.99.